The molecule has 2 saturated heterocycles. The van der Waals surface area contributed by atoms with Gasteiger partial charge in [0.2, 0.25) is 0 Å². The largest absolute Gasteiger partial charge is 0.298 e. The second kappa shape index (κ2) is 4.83. The minimum absolute atomic E-state index is 0.375. The van der Waals surface area contributed by atoms with Crippen molar-refractivity contribution in [3.8, 4) is 6.07 Å². The zero-order chi connectivity index (χ0) is 12.6. The highest BCUT2D eigenvalue weighted by Gasteiger charge is 2.45. The van der Waals surface area contributed by atoms with Gasteiger partial charge in [-0.1, -0.05) is 6.42 Å². The van der Waals surface area contributed by atoms with E-state index in [-0.39, 0.29) is 0 Å². The summed E-state index contributed by atoms with van der Waals surface area (Å²) in [4.78, 5) is 5.38. The maximum absolute atomic E-state index is 8.95. The Morgan fingerprint density at radius 3 is 2.83 bits per heavy atom. The summed E-state index contributed by atoms with van der Waals surface area (Å²) in [6, 6.07) is 3.87. The molecular formula is C15H25N3. The van der Waals surface area contributed by atoms with Gasteiger partial charge in [0.25, 0.3) is 0 Å². The lowest BCUT2D eigenvalue weighted by molar-refractivity contribution is 0.00562. The molecular weight excluding hydrogens is 222 g/mol. The van der Waals surface area contributed by atoms with Crippen molar-refractivity contribution in [2.45, 2.75) is 57.5 Å². The van der Waals surface area contributed by atoms with Crippen LogP contribution in [0.25, 0.3) is 0 Å². The molecule has 0 aromatic heterocycles. The third-order valence-corrected chi connectivity index (χ3v) is 5.27. The summed E-state index contributed by atoms with van der Waals surface area (Å²) in [5.41, 5.74) is 0.375. The highest BCUT2D eigenvalue weighted by molar-refractivity contribution is 5.03. The Balaban J connectivity index is 1.61. The summed E-state index contributed by atoms with van der Waals surface area (Å²) in [6.45, 7) is 7.34. The molecule has 3 heteroatoms. The van der Waals surface area contributed by atoms with Gasteiger partial charge in [-0.3, -0.25) is 9.80 Å². The Morgan fingerprint density at radius 2 is 2.11 bits per heavy atom. The molecule has 0 spiro atoms. The SMILES string of the molecule is CC1CN2CCCCC2CN1CC1(CC#N)CC1. The number of rotatable bonds is 3. The fourth-order valence-electron chi connectivity index (χ4n) is 3.80. The van der Waals surface area contributed by atoms with Gasteiger partial charge in [-0.2, -0.15) is 5.26 Å². The fraction of sp³-hybridized carbons (Fsp3) is 0.933. The Kier molecular flexibility index (Phi) is 3.34. The van der Waals surface area contributed by atoms with Gasteiger partial charge >= 0.3 is 0 Å². The number of nitriles is 1. The van der Waals surface area contributed by atoms with Crippen molar-refractivity contribution in [1.82, 2.24) is 9.80 Å². The summed E-state index contributed by atoms with van der Waals surface area (Å²) in [5.74, 6) is 0. The summed E-state index contributed by atoms with van der Waals surface area (Å²) in [6.07, 6.45) is 7.50. The molecule has 1 saturated carbocycles. The first-order chi connectivity index (χ1) is 8.72. The number of piperidine rings is 1. The third kappa shape index (κ3) is 2.41. The molecule has 0 bridgehead atoms. The first kappa shape index (κ1) is 12.4. The molecule has 0 amide bonds. The quantitative estimate of drug-likeness (QED) is 0.766. The van der Waals surface area contributed by atoms with Gasteiger partial charge in [-0.05, 0) is 44.6 Å². The number of piperazine rings is 1. The Bertz CT molecular complexity index is 342. The third-order valence-electron chi connectivity index (χ3n) is 5.27. The molecule has 100 valence electrons. The monoisotopic (exact) mass is 247 g/mol. The van der Waals surface area contributed by atoms with Crippen LogP contribution in [0.2, 0.25) is 0 Å². The van der Waals surface area contributed by atoms with Crippen molar-refractivity contribution in [2.75, 3.05) is 26.2 Å². The van der Waals surface area contributed by atoms with Gasteiger partial charge < -0.3 is 0 Å². The van der Waals surface area contributed by atoms with Gasteiger partial charge in [0.15, 0.2) is 0 Å². The van der Waals surface area contributed by atoms with Crippen LogP contribution in [0.4, 0.5) is 0 Å². The van der Waals surface area contributed by atoms with Crippen LogP contribution in [-0.4, -0.2) is 48.1 Å². The zero-order valence-electron chi connectivity index (χ0n) is 11.6. The Labute approximate surface area is 111 Å². The lowest BCUT2D eigenvalue weighted by Crippen LogP contribution is -2.59. The molecule has 0 aromatic carbocycles. The molecule has 2 atom stereocenters. The second-order valence-electron chi connectivity index (χ2n) is 6.76. The van der Waals surface area contributed by atoms with E-state index < -0.39 is 0 Å². The average Bonchev–Trinajstić information content (AvgIpc) is 3.10. The van der Waals surface area contributed by atoms with E-state index in [0.717, 1.165) is 12.5 Å². The van der Waals surface area contributed by atoms with Crippen molar-refractivity contribution in [3.63, 3.8) is 0 Å². The lowest BCUT2D eigenvalue weighted by Gasteiger charge is -2.48. The summed E-state index contributed by atoms with van der Waals surface area (Å²) in [7, 11) is 0. The molecule has 3 nitrogen and oxygen atoms in total. The van der Waals surface area contributed by atoms with E-state index >= 15 is 0 Å². The summed E-state index contributed by atoms with van der Waals surface area (Å²) in [5, 5.41) is 8.95. The van der Waals surface area contributed by atoms with E-state index in [1.807, 2.05) is 0 Å². The lowest BCUT2D eigenvalue weighted by atomic mass is 9.94. The summed E-state index contributed by atoms with van der Waals surface area (Å²) < 4.78 is 0. The first-order valence-electron chi connectivity index (χ1n) is 7.57. The van der Waals surface area contributed by atoms with E-state index in [9.17, 15) is 0 Å². The van der Waals surface area contributed by atoms with Gasteiger partial charge in [-0.15, -0.1) is 0 Å². The van der Waals surface area contributed by atoms with Crippen molar-refractivity contribution < 1.29 is 0 Å². The highest BCUT2D eigenvalue weighted by Crippen LogP contribution is 2.49. The molecule has 2 unspecified atom stereocenters. The van der Waals surface area contributed by atoms with Crippen molar-refractivity contribution >= 4 is 0 Å². The van der Waals surface area contributed by atoms with Crippen molar-refractivity contribution in [2.24, 2.45) is 5.41 Å². The van der Waals surface area contributed by atoms with Crippen LogP contribution in [-0.2, 0) is 0 Å². The van der Waals surface area contributed by atoms with Crippen molar-refractivity contribution in [3.05, 3.63) is 0 Å². The van der Waals surface area contributed by atoms with Crippen molar-refractivity contribution in [1.29, 1.82) is 5.26 Å². The molecule has 3 aliphatic rings. The standard InChI is InChI=1S/C15H25N3/c1-13-10-17-9-3-2-4-14(17)11-18(13)12-15(5-6-15)7-8-16/h13-14H,2-7,9-12H2,1H3. The molecule has 3 fully saturated rings. The normalized spacial score (nSPS) is 35.8. The van der Waals surface area contributed by atoms with Crippen LogP contribution in [0.15, 0.2) is 0 Å². The van der Waals surface area contributed by atoms with Crippen LogP contribution in [0.5, 0.6) is 0 Å². The maximum atomic E-state index is 8.95. The van der Waals surface area contributed by atoms with Gasteiger partial charge in [-0.25, -0.2) is 0 Å². The molecule has 0 N–H and O–H groups in total. The molecule has 0 radical (unpaired) electrons. The number of hydrogen-bond donors (Lipinski definition) is 0. The van der Waals surface area contributed by atoms with E-state index in [0.29, 0.717) is 11.5 Å². The molecule has 0 aromatic rings. The van der Waals surface area contributed by atoms with Crippen LogP contribution >= 0.6 is 0 Å². The van der Waals surface area contributed by atoms with Gasteiger partial charge in [0.1, 0.15) is 0 Å². The van der Waals surface area contributed by atoms with Crippen LogP contribution in [0, 0.1) is 16.7 Å². The first-order valence-corrected chi connectivity index (χ1v) is 7.57. The van der Waals surface area contributed by atoms with Crippen LogP contribution < -0.4 is 0 Å². The van der Waals surface area contributed by atoms with E-state index in [1.54, 1.807) is 0 Å². The number of fused-ring (bicyclic) bond motifs is 1. The van der Waals surface area contributed by atoms with E-state index in [1.165, 1.54) is 58.3 Å². The summed E-state index contributed by atoms with van der Waals surface area (Å²) >= 11 is 0. The molecule has 2 heterocycles. The number of nitrogens with zero attached hydrogens (tertiary/aromatic N) is 3. The Morgan fingerprint density at radius 1 is 1.28 bits per heavy atom. The number of hydrogen-bond acceptors (Lipinski definition) is 3. The molecule has 2 aliphatic heterocycles. The van der Waals surface area contributed by atoms with E-state index in [4.69, 9.17) is 5.26 Å². The minimum atomic E-state index is 0.375. The highest BCUT2D eigenvalue weighted by atomic mass is 15.3. The van der Waals surface area contributed by atoms with Gasteiger partial charge in [0, 0.05) is 38.1 Å². The molecule has 1 aliphatic carbocycles. The topological polar surface area (TPSA) is 30.3 Å². The predicted octanol–water partition coefficient (Wildman–Crippen LogP) is 2.24. The zero-order valence-corrected chi connectivity index (χ0v) is 11.6. The fourth-order valence-corrected chi connectivity index (χ4v) is 3.80. The average molecular weight is 247 g/mol. The molecule has 18 heavy (non-hydrogen) atoms. The molecule has 3 rings (SSSR count). The predicted molar refractivity (Wildman–Crippen MR) is 72.1 cm³/mol. The maximum Gasteiger partial charge on any atom is 0.0628 e. The smallest absolute Gasteiger partial charge is 0.0628 e. The Hall–Kier alpha value is -0.590. The van der Waals surface area contributed by atoms with Crippen LogP contribution in [0.1, 0.15) is 45.4 Å². The second-order valence-corrected chi connectivity index (χ2v) is 6.76. The van der Waals surface area contributed by atoms with Gasteiger partial charge in [0.05, 0.1) is 6.07 Å². The van der Waals surface area contributed by atoms with Crippen LogP contribution in [0.3, 0.4) is 0 Å². The van der Waals surface area contributed by atoms with E-state index in [2.05, 4.69) is 22.8 Å². The minimum Gasteiger partial charge on any atom is -0.298 e.